The Morgan fingerprint density at radius 1 is 1.04 bits per heavy atom. The molecule has 0 atom stereocenters. The van der Waals surface area contributed by atoms with E-state index < -0.39 is 0 Å². The first-order valence-electron chi connectivity index (χ1n) is 7.73. The molecule has 0 aliphatic rings. The average molecular weight is 335 g/mol. The zero-order valence-electron chi connectivity index (χ0n) is 13.5. The van der Waals surface area contributed by atoms with Crippen LogP contribution in [0, 0.1) is 6.92 Å². The van der Waals surface area contributed by atoms with Crippen molar-refractivity contribution >= 4 is 5.69 Å². The Morgan fingerprint density at radius 2 is 1.92 bits per heavy atom. The summed E-state index contributed by atoms with van der Waals surface area (Å²) in [7, 11) is 0. The molecule has 0 saturated carbocycles. The third kappa shape index (κ3) is 2.94. The lowest BCUT2D eigenvalue weighted by Crippen LogP contribution is -1.96. The Kier molecular flexibility index (Phi) is 3.66. The number of nitrogens with two attached hydrogens (primary N) is 1. The van der Waals surface area contributed by atoms with Gasteiger partial charge in [0, 0.05) is 33.5 Å². The van der Waals surface area contributed by atoms with Gasteiger partial charge in [-0.1, -0.05) is 12.1 Å². The van der Waals surface area contributed by atoms with E-state index in [2.05, 4.69) is 30.1 Å². The molecule has 4 rings (SSSR count). The zero-order chi connectivity index (χ0) is 17.2. The normalized spacial score (nSPS) is 10.8. The summed E-state index contributed by atoms with van der Waals surface area (Å²) in [5.74, 6) is 1.13. The van der Waals surface area contributed by atoms with Crippen molar-refractivity contribution < 1.29 is 4.28 Å². The summed E-state index contributed by atoms with van der Waals surface area (Å²) in [6.45, 7) is 1.89. The molecule has 0 saturated heterocycles. The topological polar surface area (TPSA) is 106 Å². The summed E-state index contributed by atoms with van der Waals surface area (Å²) in [5.41, 5.74) is 10.4. The number of benzene rings is 1. The van der Waals surface area contributed by atoms with Gasteiger partial charge in [0.2, 0.25) is 0 Å². The molecule has 0 unspecified atom stereocenters. The van der Waals surface area contributed by atoms with Gasteiger partial charge in [0.15, 0.2) is 11.6 Å². The molecule has 128 valence electrons. The molecule has 25 heavy (non-hydrogen) atoms. The number of nitrogens with zero attached hydrogens (tertiary/aromatic N) is 5. The third-order valence-corrected chi connectivity index (χ3v) is 3.77. The van der Waals surface area contributed by atoms with Gasteiger partial charge in [-0.15, -0.1) is 0 Å². The van der Waals surface area contributed by atoms with Crippen molar-refractivity contribution in [2.75, 3.05) is 5.73 Å². The Labute approximate surface area is 148 Å². The van der Waals surface area contributed by atoms with E-state index in [0.717, 1.165) is 22.5 Å². The first kappa shape index (κ1) is 14.9. The van der Waals surface area contributed by atoms with Crippen molar-refractivity contribution in [1.29, 1.82) is 0 Å². The van der Waals surface area contributed by atoms with E-state index in [1.54, 1.807) is 18.6 Å². The SMILES string of the molecule is Cc1ncc(-c2cccnc2)nc1-c1nc(-c2cccc(N)c2)n[nH]1.[HH].[HH].[HH]. The van der Waals surface area contributed by atoms with Gasteiger partial charge in [-0.2, -0.15) is 5.10 Å². The van der Waals surface area contributed by atoms with Crippen molar-refractivity contribution in [3.05, 3.63) is 60.7 Å². The molecule has 4 aromatic rings. The lowest BCUT2D eigenvalue weighted by Gasteiger charge is -2.04. The number of nitrogen functional groups attached to an aromatic ring is 1. The molecular formula is C18H21N7. The predicted molar refractivity (Wildman–Crippen MR) is 102 cm³/mol. The smallest absolute Gasteiger partial charge is 0.181 e. The van der Waals surface area contributed by atoms with Crippen LogP contribution in [0.2, 0.25) is 0 Å². The maximum Gasteiger partial charge on any atom is 0.181 e. The number of aromatic nitrogens is 6. The van der Waals surface area contributed by atoms with Gasteiger partial charge in [0.25, 0.3) is 0 Å². The Hall–Kier alpha value is -3.61. The quantitative estimate of drug-likeness (QED) is 0.554. The van der Waals surface area contributed by atoms with Crippen molar-refractivity contribution in [3.8, 4) is 34.2 Å². The first-order chi connectivity index (χ1) is 12.2. The molecule has 1 aromatic carbocycles. The van der Waals surface area contributed by atoms with Crippen LogP contribution in [-0.2, 0) is 0 Å². The molecule has 3 aromatic heterocycles. The molecule has 0 bridgehead atoms. The second kappa shape index (κ2) is 6.12. The van der Waals surface area contributed by atoms with E-state index >= 15 is 0 Å². The molecule has 0 fully saturated rings. The fraction of sp³-hybridized carbons (Fsp3) is 0.0556. The van der Waals surface area contributed by atoms with Crippen LogP contribution in [0.1, 0.15) is 9.97 Å². The van der Waals surface area contributed by atoms with E-state index in [1.165, 1.54) is 0 Å². The second-order valence-electron chi connectivity index (χ2n) is 5.56. The number of hydrogen-bond donors (Lipinski definition) is 2. The minimum Gasteiger partial charge on any atom is -0.399 e. The molecule has 7 heteroatoms. The van der Waals surface area contributed by atoms with Gasteiger partial charge in [0.1, 0.15) is 5.69 Å². The lowest BCUT2D eigenvalue weighted by molar-refractivity contribution is 1.06. The highest BCUT2D eigenvalue weighted by atomic mass is 15.2. The zero-order valence-corrected chi connectivity index (χ0v) is 13.5. The van der Waals surface area contributed by atoms with E-state index in [0.29, 0.717) is 23.0 Å². The Morgan fingerprint density at radius 3 is 2.72 bits per heavy atom. The molecule has 3 heterocycles. The van der Waals surface area contributed by atoms with Crippen LogP contribution in [0.15, 0.2) is 55.0 Å². The summed E-state index contributed by atoms with van der Waals surface area (Å²) in [5, 5.41) is 7.22. The third-order valence-electron chi connectivity index (χ3n) is 3.77. The lowest BCUT2D eigenvalue weighted by atomic mass is 10.2. The van der Waals surface area contributed by atoms with Crippen molar-refractivity contribution in [2.24, 2.45) is 0 Å². The van der Waals surface area contributed by atoms with Crippen LogP contribution in [0.25, 0.3) is 34.2 Å². The highest BCUT2D eigenvalue weighted by Crippen LogP contribution is 2.24. The number of pyridine rings is 1. The Balaban J connectivity index is 0.00000131. The molecule has 0 aliphatic carbocycles. The number of nitrogens with one attached hydrogen (secondary N) is 1. The van der Waals surface area contributed by atoms with Crippen LogP contribution in [-0.4, -0.2) is 30.1 Å². The summed E-state index contributed by atoms with van der Waals surface area (Å²) < 4.78 is 0. The van der Waals surface area contributed by atoms with Crippen molar-refractivity contribution in [1.82, 2.24) is 30.1 Å². The van der Waals surface area contributed by atoms with Crippen molar-refractivity contribution in [3.63, 3.8) is 0 Å². The first-order valence-corrected chi connectivity index (χ1v) is 7.73. The maximum atomic E-state index is 5.83. The molecule has 3 N–H and O–H groups in total. The van der Waals surface area contributed by atoms with Crippen molar-refractivity contribution in [2.45, 2.75) is 6.92 Å². The number of rotatable bonds is 3. The van der Waals surface area contributed by atoms with Gasteiger partial charge in [-0.3, -0.25) is 15.1 Å². The summed E-state index contributed by atoms with van der Waals surface area (Å²) in [4.78, 5) is 17.8. The second-order valence-corrected chi connectivity index (χ2v) is 5.56. The van der Waals surface area contributed by atoms with Gasteiger partial charge < -0.3 is 5.73 Å². The van der Waals surface area contributed by atoms with Gasteiger partial charge >= 0.3 is 0 Å². The van der Waals surface area contributed by atoms with Crippen LogP contribution < -0.4 is 5.73 Å². The van der Waals surface area contributed by atoms with E-state index in [1.807, 2.05) is 43.3 Å². The fourth-order valence-electron chi connectivity index (χ4n) is 2.50. The summed E-state index contributed by atoms with van der Waals surface area (Å²) in [6.07, 6.45) is 5.20. The molecular weight excluding hydrogens is 314 g/mol. The largest absolute Gasteiger partial charge is 0.399 e. The molecule has 7 nitrogen and oxygen atoms in total. The summed E-state index contributed by atoms with van der Waals surface area (Å²) in [6, 6.07) is 11.2. The highest BCUT2D eigenvalue weighted by Gasteiger charge is 2.14. The number of aromatic amines is 1. The molecule has 0 radical (unpaired) electrons. The minimum absolute atomic E-state index is 0. The standard InChI is InChI=1S/C18H15N7.3H2/c1-11-16(22-15(10-21-11)13-5-3-7-20-9-13)18-23-17(24-25-18)12-4-2-6-14(19)8-12;;;/h2-10H,19H2,1H3,(H,23,24,25);3*1H. The van der Waals surface area contributed by atoms with Crippen LogP contribution in [0.3, 0.4) is 0 Å². The monoisotopic (exact) mass is 335 g/mol. The van der Waals surface area contributed by atoms with Crippen LogP contribution in [0.5, 0.6) is 0 Å². The predicted octanol–water partition coefficient (Wildman–Crippen LogP) is 3.62. The van der Waals surface area contributed by atoms with Gasteiger partial charge in [0.05, 0.1) is 17.6 Å². The number of anilines is 1. The van der Waals surface area contributed by atoms with E-state index in [9.17, 15) is 0 Å². The Bertz CT molecular complexity index is 1040. The number of H-pyrrole nitrogens is 1. The summed E-state index contributed by atoms with van der Waals surface area (Å²) >= 11 is 0. The fourth-order valence-corrected chi connectivity index (χ4v) is 2.50. The van der Waals surface area contributed by atoms with E-state index in [4.69, 9.17) is 5.73 Å². The van der Waals surface area contributed by atoms with Crippen LogP contribution in [0.4, 0.5) is 5.69 Å². The number of aryl methyl sites for hydroxylation is 1. The van der Waals surface area contributed by atoms with Gasteiger partial charge in [-0.05, 0) is 31.2 Å². The molecule has 0 aliphatic heterocycles. The maximum absolute atomic E-state index is 5.83. The van der Waals surface area contributed by atoms with Crippen LogP contribution >= 0.6 is 0 Å². The number of hydrogen-bond acceptors (Lipinski definition) is 6. The minimum atomic E-state index is 0. The molecule has 0 spiro atoms. The highest BCUT2D eigenvalue weighted by molar-refractivity contribution is 5.65. The van der Waals surface area contributed by atoms with E-state index in [-0.39, 0.29) is 4.28 Å². The average Bonchev–Trinajstić information content (AvgIpc) is 3.13. The molecule has 0 amide bonds. The van der Waals surface area contributed by atoms with Gasteiger partial charge in [-0.25, -0.2) is 9.97 Å².